The number of hydrogen-bond acceptors (Lipinski definition) is 7. The summed E-state index contributed by atoms with van der Waals surface area (Å²) in [5.74, 6) is -0.342. The molecule has 0 spiro atoms. The minimum Gasteiger partial charge on any atom is -0.422 e. The van der Waals surface area contributed by atoms with Crippen LogP contribution in [0.25, 0.3) is 11.0 Å². The molecule has 1 fully saturated rings. The molecule has 2 aliphatic heterocycles. The van der Waals surface area contributed by atoms with Gasteiger partial charge in [0, 0.05) is 59.9 Å². The molecule has 11 heteroatoms. The number of rotatable bonds is 4. The quantitative estimate of drug-likeness (QED) is 0.503. The molecule has 5 rings (SSSR count). The molecule has 0 atom stereocenters. The van der Waals surface area contributed by atoms with Gasteiger partial charge in [-0.2, -0.15) is 0 Å². The van der Waals surface area contributed by atoms with Crippen molar-refractivity contribution in [1.82, 2.24) is 9.80 Å². The summed E-state index contributed by atoms with van der Waals surface area (Å²) in [6.45, 7) is 6.30. The summed E-state index contributed by atoms with van der Waals surface area (Å²) in [6, 6.07) is 8.48. The maximum Gasteiger partial charge on any atom is 0.341 e. The van der Waals surface area contributed by atoms with Gasteiger partial charge in [-0.05, 0) is 56.3 Å². The number of anilines is 2. The third-order valence-electron chi connectivity index (χ3n) is 7.07. The Labute approximate surface area is 220 Å². The van der Waals surface area contributed by atoms with Crippen molar-refractivity contribution in [3.05, 3.63) is 68.0 Å². The van der Waals surface area contributed by atoms with Gasteiger partial charge in [0.1, 0.15) is 5.58 Å². The number of carbonyl (C=O) groups excluding carboxylic acids is 1. The lowest BCUT2D eigenvalue weighted by atomic mass is 9.95. The Morgan fingerprint density at radius 1 is 1.05 bits per heavy atom. The van der Waals surface area contributed by atoms with E-state index in [-0.39, 0.29) is 28.7 Å². The number of aryl methyl sites for hydroxylation is 1. The van der Waals surface area contributed by atoms with Crippen molar-refractivity contribution in [2.45, 2.75) is 19.9 Å². The third kappa shape index (κ3) is 5.18. The SMILES string of the molecule is Cc1c(N2CCN(C)CC2)ccc2c3c(c(=O)oc12)CN(C(=O)c1cc(Cl)cc(NS(C)(=O)=O)c1)CC3. The van der Waals surface area contributed by atoms with E-state index in [1.807, 2.05) is 13.0 Å². The van der Waals surface area contributed by atoms with Crippen molar-refractivity contribution >= 4 is 49.9 Å². The van der Waals surface area contributed by atoms with E-state index in [0.717, 1.165) is 54.6 Å². The highest BCUT2D eigenvalue weighted by Crippen LogP contribution is 2.33. The number of piperazine rings is 1. The van der Waals surface area contributed by atoms with Crippen LogP contribution in [0.4, 0.5) is 11.4 Å². The zero-order chi connectivity index (χ0) is 26.5. The van der Waals surface area contributed by atoms with Gasteiger partial charge in [0.05, 0.1) is 24.1 Å². The van der Waals surface area contributed by atoms with Crippen molar-refractivity contribution in [1.29, 1.82) is 0 Å². The first kappa shape index (κ1) is 25.6. The maximum atomic E-state index is 13.3. The van der Waals surface area contributed by atoms with Gasteiger partial charge in [-0.1, -0.05) is 11.6 Å². The number of fused-ring (bicyclic) bond motifs is 3. The number of likely N-dealkylation sites (N-methyl/N-ethyl adjacent to an activating group) is 1. The molecule has 0 saturated carbocycles. The Morgan fingerprint density at radius 3 is 2.49 bits per heavy atom. The van der Waals surface area contributed by atoms with Crippen LogP contribution in [-0.4, -0.2) is 70.2 Å². The van der Waals surface area contributed by atoms with Crippen LogP contribution in [0, 0.1) is 6.92 Å². The smallest absolute Gasteiger partial charge is 0.341 e. The highest BCUT2D eigenvalue weighted by molar-refractivity contribution is 7.92. The highest BCUT2D eigenvalue weighted by atomic mass is 35.5. The minimum absolute atomic E-state index is 0.104. The molecule has 0 bridgehead atoms. The summed E-state index contributed by atoms with van der Waals surface area (Å²) in [7, 11) is -1.42. The molecule has 1 N–H and O–H groups in total. The first-order chi connectivity index (χ1) is 17.5. The molecule has 9 nitrogen and oxygen atoms in total. The Balaban J connectivity index is 1.45. The fourth-order valence-corrected chi connectivity index (χ4v) is 5.97. The standard InChI is InChI=1S/C26H29ClN4O5S/c1-16-23(30-10-8-29(2)9-11-30)5-4-21-20-6-7-31(15-22(20)26(33)36-24(16)21)25(32)17-12-18(27)14-19(13-17)28-37(3,34)35/h4-5,12-14,28H,6-11,15H2,1-3H3. The molecule has 3 aromatic rings. The molecule has 37 heavy (non-hydrogen) atoms. The Hall–Kier alpha value is -3.08. The van der Waals surface area contributed by atoms with Crippen LogP contribution in [0.1, 0.15) is 27.0 Å². The summed E-state index contributed by atoms with van der Waals surface area (Å²) in [5, 5.41) is 1.13. The number of nitrogens with one attached hydrogen (secondary N) is 1. The van der Waals surface area contributed by atoms with E-state index in [2.05, 4.69) is 27.6 Å². The number of carbonyl (C=O) groups is 1. The molecule has 2 aliphatic rings. The topological polar surface area (TPSA) is 103 Å². The largest absolute Gasteiger partial charge is 0.422 e. The van der Waals surface area contributed by atoms with E-state index in [0.29, 0.717) is 24.1 Å². The average molecular weight is 545 g/mol. The Morgan fingerprint density at radius 2 is 1.78 bits per heavy atom. The maximum absolute atomic E-state index is 13.3. The normalized spacial score (nSPS) is 16.6. The van der Waals surface area contributed by atoms with Gasteiger partial charge in [0.15, 0.2) is 0 Å². The average Bonchev–Trinajstić information content (AvgIpc) is 2.83. The van der Waals surface area contributed by atoms with Gasteiger partial charge >= 0.3 is 5.63 Å². The lowest BCUT2D eigenvalue weighted by molar-refractivity contribution is 0.0733. The first-order valence-electron chi connectivity index (χ1n) is 12.1. The minimum atomic E-state index is -3.54. The molecule has 1 aromatic heterocycles. The summed E-state index contributed by atoms with van der Waals surface area (Å²) in [6.07, 6.45) is 1.53. The van der Waals surface area contributed by atoms with Crippen molar-refractivity contribution in [2.24, 2.45) is 0 Å². The number of amides is 1. The highest BCUT2D eigenvalue weighted by Gasteiger charge is 2.28. The summed E-state index contributed by atoms with van der Waals surface area (Å²) >= 11 is 6.15. The Kier molecular flexibility index (Phi) is 6.68. The van der Waals surface area contributed by atoms with Gasteiger partial charge in [-0.25, -0.2) is 13.2 Å². The van der Waals surface area contributed by atoms with Gasteiger partial charge in [-0.3, -0.25) is 9.52 Å². The van der Waals surface area contributed by atoms with E-state index in [4.69, 9.17) is 16.0 Å². The monoisotopic (exact) mass is 544 g/mol. The fraction of sp³-hybridized carbons (Fsp3) is 0.385. The molecular weight excluding hydrogens is 516 g/mol. The second-order valence-corrected chi connectivity index (χ2v) is 12.0. The lowest BCUT2D eigenvalue weighted by Gasteiger charge is -2.35. The van der Waals surface area contributed by atoms with Crippen LogP contribution in [-0.2, 0) is 23.0 Å². The molecule has 0 radical (unpaired) electrons. The van der Waals surface area contributed by atoms with Crippen LogP contribution >= 0.6 is 11.6 Å². The molecule has 2 aromatic carbocycles. The second-order valence-electron chi connectivity index (χ2n) is 9.80. The van der Waals surface area contributed by atoms with E-state index in [1.54, 1.807) is 4.90 Å². The first-order valence-corrected chi connectivity index (χ1v) is 14.4. The predicted molar refractivity (Wildman–Crippen MR) is 145 cm³/mol. The van der Waals surface area contributed by atoms with Gasteiger partial charge in [0.2, 0.25) is 10.0 Å². The van der Waals surface area contributed by atoms with Crippen LogP contribution < -0.4 is 15.2 Å². The Bertz CT molecular complexity index is 1560. The van der Waals surface area contributed by atoms with Gasteiger partial charge in [-0.15, -0.1) is 0 Å². The molecule has 1 amide bonds. The van der Waals surface area contributed by atoms with Crippen molar-refractivity contribution in [3.8, 4) is 0 Å². The van der Waals surface area contributed by atoms with Crippen LogP contribution in [0.3, 0.4) is 0 Å². The molecular formula is C26H29ClN4O5S. The number of benzene rings is 2. The molecule has 1 saturated heterocycles. The fourth-order valence-electron chi connectivity index (χ4n) is 5.18. The summed E-state index contributed by atoms with van der Waals surface area (Å²) in [5.41, 5.74) is 4.01. The number of halogens is 1. The van der Waals surface area contributed by atoms with E-state index >= 15 is 0 Å². The van der Waals surface area contributed by atoms with Crippen molar-refractivity contribution in [3.63, 3.8) is 0 Å². The van der Waals surface area contributed by atoms with E-state index in [9.17, 15) is 18.0 Å². The zero-order valence-corrected chi connectivity index (χ0v) is 22.6. The van der Waals surface area contributed by atoms with Crippen molar-refractivity contribution in [2.75, 3.05) is 55.6 Å². The lowest BCUT2D eigenvalue weighted by Crippen LogP contribution is -2.44. The van der Waals surface area contributed by atoms with E-state index in [1.165, 1.54) is 18.2 Å². The van der Waals surface area contributed by atoms with Crippen molar-refractivity contribution < 1.29 is 17.6 Å². The molecule has 0 aliphatic carbocycles. The summed E-state index contributed by atoms with van der Waals surface area (Å²) in [4.78, 5) is 32.6. The third-order valence-corrected chi connectivity index (χ3v) is 7.89. The van der Waals surface area contributed by atoms with Gasteiger partial charge in [0.25, 0.3) is 5.91 Å². The molecule has 3 heterocycles. The second kappa shape index (κ2) is 9.66. The summed E-state index contributed by atoms with van der Waals surface area (Å²) < 4.78 is 31.4. The number of sulfonamides is 1. The van der Waals surface area contributed by atoms with Gasteiger partial charge < -0.3 is 19.1 Å². The zero-order valence-electron chi connectivity index (χ0n) is 21.0. The molecule has 196 valence electrons. The van der Waals surface area contributed by atoms with Crippen LogP contribution in [0.15, 0.2) is 39.5 Å². The number of hydrogen-bond donors (Lipinski definition) is 1. The molecule has 0 unspecified atom stereocenters. The predicted octanol–water partition coefficient (Wildman–Crippen LogP) is 3.08. The van der Waals surface area contributed by atoms with E-state index < -0.39 is 15.6 Å². The van der Waals surface area contributed by atoms with Crippen LogP contribution in [0.2, 0.25) is 5.02 Å². The number of nitrogens with zero attached hydrogens (tertiary/aromatic N) is 3. The van der Waals surface area contributed by atoms with Crippen LogP contribution in [0.5, 0.6) is 0 Å².